The summed E-state index contributed by atoms with van der Waals surface area (Å²) in [7, 11) is -2.40. The number of hydrogen-bond donors (Lipinski definition) is 2. The van der Waals surface area contributed by atoms with Gasteiger partial charge in [0.25, 0.3) is 13.3 Å². The molecule has 34 heavy (non-hydrogen) atoms. The Morgan fingerprint density at radius 1 is 1.24 bits per heavy atom. The first-order valence-electron chi connectivity index (χ1n) is 10.5. The summed E-state index contributed by atoms with van der Waals surface area (Å²) < 4.78 is 20.2. The van der Waals surface area contributed by atoms with Gasteiger partial charge in [0.15, 0.2) is 0 Å². The molecule has 172 valence electrons. The standard InChI is InChI=1S/C25H22ClN4O3P/c1-16-10-17(7-8-27)12-20(11-16)34(32,33-2)24-21-13-19(26)5-6-22(21)30-23(24)25(31)29-15-18-4-3-9-28-14-18/h3-6,9-14,30H,7,15H2,1-2H3,(H,29,31). The van der Waals surface area contributed by atoms with Crippen molar-refractivity contribution in [3.8, 4) is 6.07 Å². The van der Waals surface area contributed by atoms with E-state index in [-0.39, 0.29) is 24.0 Å². The Hall–Kier alpha value is -3.43. The van der Waals surface area contributed by atoms with Crippen LogP contribution < -0.4 is 15.9 Å². The number of rotatable bonds is 7. The Bertz CT molecular complexity index is 1460. The number of H-pyrrole nitrogens is 1. The number of carbonyl (C=O) groups is 1. The predicted molar refractivity (Wildman–Crippen MR) is 133 cm³/mol. The van der Waals surface area contributed by atoms with Gasteiger partial charge in [0, 0.05) is 47.3 Å². The van der Waals surface area contributed by atoms with E-state index in [1.165, 1.54) is 7.11 Å². The molecule has 2 heterocycles. The average molecular weight is 493 g/mol. The van der Waals surface area contributed by atoms with E-state index in [1.54, 1.807) is 48.8 Å². The third-order valence-electron chi connectivity index (χ3n) is 5.43. The number of carbonyl (C=O) groups excluding carboxylic acids is 1. The van der Waals surface area contributed by atoms with Gasteiger partial charge in [-0.25, -0.2) is 0 Å². The van der Waals surface area contributed by atoms with Crippen molar-refractivity contribution in [1.29, 1.82) is 5.26 Å². The summed E-state index contributed by atoms with van der Waals surface area (Å²) in [5.41, 5.74) is 3.12. The molecule has 7 nitrogen and oxygen atoms in total. The molecule has 0 aliphatic rings. The lowest BCUT2D eigenvalue weighted by molar-refractivity contribution is 0.0947. The molecule has 4 rings (SSSR count). The first-order valence-corrected chi connectivity index (χ1v) is 12.5. The highest BCUT2D eigenvalue weighted by Gasteiger charge is 2.36. The molecule has 1 unspecified atom stereocenters. The molecule has 0 spiro atoms. The number of benzene rings is 2. The molecular formula is C25H22ClN4O3P. The van der Waals surface area contributed by atoms with Crippen LogP contribution in [0.25, 0.3) is 10.9 Å². The number of nitriles is 1. The quantitative estimate of drug-likeness (QED) is 0.372. The molecule has 2 N–H and O–H groups in total. The molecule has 4 aromatic rings. The molecule has 9 heteroatoms. The number of aryl methyl sites for hydroxylation is 1. The van der Waals surface area contributed by atoms with Crippen LogP contribution in [0.2, 0.25) is 5.02 Å². The number of pyridine rings is 1. The highest BCUT2D eigenvalue weighted by atomic mass is 35.5. The van der Waals surface area contributed by atoms with Gasteiger partial charge in [-0.05, 0) is 60.0 Å². The van der Waals surface area contributed by atoms with Gasteiger partial charge in [0.2, 0.25) is 0 Å². The highest BCUT2D eigenvalue weighted by molar-refractivity contribution is 7.75. The van der Waals surface area contributed by atoms with Crippen LogP contribution >= 0.6 is 19.0 Å². The van der Waals surface area contributed by atoms with Crippen molar-refractivity contribution in [3.63, 3.8) is 0 Å². The maximum absolute atomic E-state index is 14.5. The van der Waals surface area contributed by atoms with Crippen LogP contribution in [0.3, 0.4) is 0 Å². The van der Waals surface area contributed by atoms with Gasteiger partial charge in [-0.2, -0.15) is 5.26 Å². The second kappa shape index (κ2) is 9.82. The topological polar surface area (TPSA) is 108 Å². The van der Waals surface area contributed by atoms with Crippen molar-refractivity contribution in [2.45, 2.75) is 19.9 Å². The van der Waals surface area contributed by atoms with Gasteiger partial charge in [0.1, 0.15) is 5.69 Å². The highest BCUT2D eigenvalue weighted by Crippen LogP contribution is 2.47. The van der Waals surface area contributed by atoms with Crippen molar-refractivity contribution < 1.29 is 13.9 Å². The van der Waals surface area contributed by atoms with Crippen molar-refractivity contribution in [1.82, 2.24) is 15.3 Å². The maximum Gasteiger partial charge on any atom is 0.268 e. The lowest BCUT2D eigenvalue weighted by Crippen LogP contribution is -2.30. The summed E-state index contributed by atoms with van der Waals surface area (Å²) >= 11 is 6.26. The van der Waals surface area contributed by atoms with E-state index in [2.05, 4.69) is 21.4 Å². The van der Waals surface area contributed by atoms with Crippen molar-refractivity contribution in [2.24, 2.45) is 0 Å². The molecule has 2 aromatic carbocycles. The SMILES string of the molecule is COP(=O)(c1cc(C)cc(CC#N)c1)c1c(C(=O)NCc2cccnc2)[nH]c2ccc(Cl)cc12. The van der Waals surface area contributed by atoms with E-state index in [4.69, 9.17) is 21.4 Å². The number of nitrogens with zero attached hydrogens (tertiary/aromatic N) is 2. The van der Waals surface area contributed by atoms with E-state index in [0.717, 1.165) is 16.7 Å². The maximum atomic E-state index is 14.5. The zero-order valence-electron chi connectivity index (χ0n) is 18.6. The summed E-state index contributed by atoms with van der Waals surface area (Å²) in [6.07, 6.45) is 3.48. The van der Waals surface area contributed by atoms with Crippen LogP contribution in [0.5, 0.6) is 0 Å². The van der Waals surface area contributed by atoms with Crippen LogP contribution in [-0.4, -0.2) is 23.0 Å². The van der Waals surface area contributed by atoms with E-state index in [0.29, 0.717) is 21.2 Å². The molecule has 0 bridgehead atoms. The van der Waals surface area contributed by atoms with Crippen molar-refractivity contribution in [3.05, 3.63) is 88.3 Å². The summed E-state index contributed by atoms with van der Waals surface area (Å²) in [6.45, 7) is 2.11. The van der Waals surface area contributed by atoms with Gasteiger partial charge in [0.05, 0.1) is 17.8 Å². The van der Waals surface area contributed by atoms with Gasteiger partial charge < -0.3 is 14.8 Å². The van der Waals surface area contributed by atoms with E-state index < -0.39 is 13.3 Å². The molecule has 0 aliphatic carbocycles. The fourth-order valence-corrected chi connectivity index (χ4v) is 6.41. The van der Waals surface area contributed by atoms with Crippen LogP contribution in [-0.2, 0) is 22.1 Å². The molecule has 2 aromatic heterocycles. The van der Waals surface area contributed by atoms with E-state index >= 15 is 0 Å². The molecular weight excluding hydrogens is 471 g/mol. The summed E-state index contributed by atoms with van der Waals surface area (Å²) in [5, 5.41) is 13.6. The second-order valence-electron chi connectivity index (χ2n) is 7.83. The molecule has 0 saturated heterocycles. The Morgan fingerprint density at radius 3 is 2.76 bits per heavy atom. The lowest BCUT2D eigenvalue weighted by atomic mass is 10.1. The zero-order valence-corrected chi connectivity index (χ0v) is 20.3. The van der Waals surface area contributed by atoms with Crippen LogP contribution in [0, 0.1) is 18.3 Å². The Kier molecular flexibility index (Phi) is 6.85. The van der Waals surface area contributed by atoms with Crippen LogP contribution in [0.1, 0.15) is 27.2 Å². The monoisotopic (exact) mass is 492 g/mol. The van der Waals surface area contributed by atoms with Gasteiger partial charge in [-0.1, -0.05) is 23.7 Å². The molecule has 1 atom stereocenters. The van der Waals surface area contributed by atoms with Gasteiger partial charge in [-0.15, -0.1) is 0 Å². The van der Waals surface area contributed by atoms with Crippen LogP contribution in [0.15, 0.2) is 60.9 Å². The lowest BCUT2D eigenvalue weighted by Gasteiger charge is -2.19. The zero-order chi connectivity index (χ0) is 24.3. The average Bonchev–Trinajstić information content (AvgIpc) is 3.22. The summed E-state index contributed by atoms with van der Waals surface area (Å²) in [4.78, 5) is 20.5. The second-order valence-corrected chi connectivity index (χ2v) is 10.7. The van der Waals surface area contributed by atoms with Crippen LogP contribution in [0.4, 0.5) is 0 Å². The van der Waals surface area contributed by atoms with Crippen molar-refractivity contribution in [2.75, 3.05) is 7.11 Å². The normalized spacial score (nSPS) is 12.8. The Balaban J connectivity index is 1.87. The third kappa shape index (κ3) is 4.62. The fraction of sp³-hybridized carbons (Fsp3) is 0.160. The molecule has 0 fully saturated rings. The first kappa shape index (κ1) is 23.7. The number of aromatic nitrogens is 2. The minimum atomic E-state index is -3.76. The number of amides is 1. The number of fused-ring (bicyclic) bond motifs is 1. The Labute approximate surface area is 202 Å². The summed E-state index contributed by atoms with van der Waals surface area (Å²) in [5.74, 6) is -0.437. The van der Waals surface area contributed by atoms with Gasteiger partial charge >= 0.3 is 0 Å². The number of aromatic amines is 1. The number of nitrogens with one attached hydrogen (secondary N) is 2. The minimum absolute atomic E-state index is 0.134. The largest absolute Gasteiger partial charge is 0.350 e. The first-order chi connectivity index (χ1) is 16.4. The predicted octanol–water partition coefficient (Wildman–Crippen LogP) is 4.40. The Morgan fingerprint density at radius 2 is 2.06 bits per heavy atom. The van der Waals surface area contributed by atoms with E-state index in [9.17, 15) is 9.36 Å². The summed E-state index contributed by atoms with van der Waals surface area (Å²) in [6, 6.07) is 16.2. The molecule has 0 radical (unpaired) electrons. The molecule has 1 amide bonds. The number of halogens is 1. The molecule has 0 aliphatic heterocycles. The minimum Gasteiger partial charge on any atom is -0.350 e. The smallest absolute Gasteiger partial charge is 0.268 e. The van der Waals surface area contributed by atoms with Gasteiger partial charge in [-0.3, -0.25) is 14.3 Å². The third-order valence-corrected chi connectivity index (χ3v) is 8.17. The van der Waals surface area contributed by atoms with Crippen molar-refractivity contribution >= 4 is 46.4 Å². The van der Waals surface area contributed by atoms with E-state index in [1.807, 2.05) is 19.1 Å². The molecule has 0 saturated carbocycles. The number of hydrogen-bond acceptors (Lipinski definition) is 5. The fourth-order valence-electron chi connectivity index (χ4n) is 3.92.